The van der Waals surface area contributed by atoms with E-state index in [1.807, 2.05) is 52.3 Å². The minimum Gasteiger partial charge on any atom is -0.288 e. The predicted octanol–water partition coefficient (Wildman–Crippen LogP) is 7.61. The van der Waals surface area contributed by atoms with Gasteiger partial charge < -0.3 is 0 Å². The first-order chi connectivity index (χ1) is 14.1. The molecule has 150 valence electrons. The second-order valence-electron chi connectivity index (χ2n) is 6.54. The summed E-state index contributed by atoms with van der Waals surface area (Å²) in [6.07, 6.45) is 7.05. The van der Waals surface area contributed by atoms with Crippen molar-refractivity contribution in [3.05, 3.63) is 95.2 Å². The Kier molecular flexibility index (Phi) is 8.75. The molecule has 2 nitrogen and oxygen atoms in total. The quantitative estimate of drug-likeness (QED) is 0.412. The summed E-state index contributed by atoms with van der Waals surface area (Å²) in [5, 5.41) is 2.08. The Morgan fingerprint density at radius 2 is 1.83 bits per heavy atom. The Hall–Kier alpha value is -2.78. The number of rotatable bonds is 4. The van der Waals surface area contributed by atoms with Gasteiger partial charge in [-0.25, -0.2) is 0 Å². The minimum absolute atomic E-state index is 1.07. The molecule has 2 aromatic heterocycles. The molecule has 1 aliphatic carbocycles. The van der Waals surface area contributed by atoms with Gasteiger partial charge in [0.2, 0.25) is 0 Å². The molecule has 0 unspecified atom stereocenters. The lowest BCUT2D eigenvalue weighted by Crippen LogP contribution is -1.99. The molecule has 0 aliphatic heterocycles. The molecule has 0 saturated carbocycles. The maximum atomic E-state index is 4.35. The number of aliphatic imine (C=N–C) groups is 1. The molecule has 0 spiro atoms. The number of pyridine rings is 1. The third-order valence-corrected chi connectivity index (χ3v) is 5.28. The number of hydrogen-bond donors (Lipinski definition) is 0. The van der Waals surface area contributed by atoms with Gasteiger partial charge in [-0.05, 0) is 54.5 Å². The van der Waals surface area contributed by atoms with Gasteiger partial charge in [0, 0.05) is 35.4 Å². The van der Waals surface area contributed by atoms with Crippen LogP contribution in [0.4, 0.5) is 0 Å². The second kappa shape index (κ2) is 11.3. The zero-order valence-corrected chi connectivity index (χ0v) is 18.9. The minimum atomic E-state index is 1.07. The molecule has 1 aliphatic rings. The van der Waals surface area contributed by atoms with E-state index < -0.39 is 0 Å². The number of allylic oxidation sites excluding steroid dienone is 3. The highest BCUT2D eigenvalue weighted by molar-refractivity contribution is 7.13. The van der Waals surface area contributed by atoms with Gasteiger partial charge >= 0.3 is 0 Å². The van der Waals surface area contributed by atoms with Crippen LogP contribution in [-0.2, 0) is 0 Å². The van der Waals surface area contributed by atoms with Crippen molar-refractivity contribution in [2.75, 3.05) is 7.05 Å². The molecule has 0 bridgehead atoms. The third-order valence-electron chi connectivity index (χ3n) is 4.36. The number of benzene rings is 1. The van der Waals surface area contributed by atoms with Crippen LogP contribution in [0.2, 0.25) is 0 Å². The molecule has 0 radical (unpaired) electrons. The van der Waals surface area contributed by atoms with E-state index in [1.54, 1.807) is 11.3 Å². The summed E-state index contributed by atoms with van der Waals surface area (Å²) in [5.74, 6) is 0. The van der Waals surface area contributed by atoms with Crippen molar-refractivity contribution in [3.8, 4) is 10.4 Å². The van der Waals surface area contributed by atoms with Gasteiger partial charge in [0.1, 0.15) is 0 Å². The molecular weight excluding hydrogens is 372 g/mol. The Morgan fingerprint density at radius 3 is 2.34 bits per heavy atom. The zero-order chi connectivity index (χ0) is 21.2. The normalized spacial score (nSPS) is 12.0. The topological polar surface area (TPSA) is 25.2 Å². The Labute approximate surface area is 179 Å². The van der Waals surface area contributed by atoms with Crippen LogP contribution in [0.15, 0.2) is 83.5 Å². The van der Waals surface area contributed by atoms with E-state index in [0.717, 1.165) is 23.3 Å². The SMILES string of the molecule is C=C(C)c1ccccc1C.CC.CN=C(C1=CC1)c1cncc(-c2cccs2)c1. The summed E-state index contributed by atoms with van der Waals surface area (Å²) in [5.41, 5.74) is 8.39. The molecule has 0 amide bonds. The Morgan fingerprint density at radius 1 is 1.10 bits per heavy atom. The lowest BCUT2D eigenvalue weighted by atomic mass is 10.0. The van der Waals surface area contributed by atoms with Crippen LogP contribution >= 0.6 is 11.3 Å². The summed E-state index contributed by atoms with van der Waals surface area (Å²) in [7, 11) is 1.84. The second-order valence-corrected chi connectivity index (χ2v) is 7.49. The van der Waals surface area contributed by atoms with Gasteiger partial charge in [0.05, 0.1) is 5.71 Å². The smallest absolute Gasteiger partial charge is 0.0690 e. The van der Waals surface area contributed by atoms with Crippen molar-refractivity contribution in [2.24, 2.45) is 4.99 Å². The summed E-state index contributed by atoms with van der Waals surface area (Å²) in [6, 6.07) is 14.6. The summed E-state index contributed by atoms with van der Waals surface area (Å²) in [4.78, 5) is 9.92. The van der Waals surface area contributed by atoms with Crippen LogP contribution in [-0.4, -0.2) is 17.7 Å². The molecule has 4 rings (SSSR count). The van der Waals surface area contributed by atoms with E-state index in [-0.39, 0.29) is 0 Å². The van der Waals surface area contributed by atoms with Crippen molar-refractivity contribution >= 4 is 22.6 Å². The van der Waals surface area contributed by atoms with Gasteiger partial charge in [0.25, 0.3) is 0 Å². The summed E-state index contributed by atoms with van der Waals surface area (Å²) >= 11 is 1.73. The van der Waals surface area contributed by atoms with E-state index in [9.17, 15) is 0 Å². The molecule has 1 aromatic carbocycles. The molecular formula is C26H30N2S. The number of aromatic nitrogens is 1. The number of hydrogen-bond acceptors (Lipinski definition) is 3. The van der Waals surface area contributed by atoms with Crippen LogP contribution in [0, 0.1) is 6.92 Å². The number of thiophene rings is 1. The molecule has 2 heterocycles. The average Bonchev–Trinajstić information content (AvgIpc) is 3.42. The first kappa shape index (κ1) is 22.5. The molecule has 0 atom stereocenters. The van der Waals surface area contributed by atoms with Crippen molar-refractivity contribution in [3.63, 3.8) is 0 Å². The van der Waals surface area contributed by atoms with Crippen LogP contribution < -0.4 is 0 Å². The fourth-order valence-corrected chi connectivity index (χ4v) is 3.61. The monoisotopic (exact) mass is 402 g/mol. The van der Waals surface area contributed by atoms with Gasteiger partial charge in [0.15, 0.2) is 0 Å². The molecule has 3 aromatic rings. The molecule has 0 fully saturated rings. The Bertz CT molecular complexity index is 995. The first-order valence-corrected chi connectivity index (χ1v) is 10.8. The van der Waals surface area contributed by atoms with Gasteiger partial charge in [-0.1, -0.05) is 62.4 Å². The number of aryl methyl sites for hydroxylation is 1. The van der Waals surface area contributed by atoms with Crippen LogP contribution in [0.3, 0.4) is 0 Å². The fraction of sp³-hybridized carbons (Fsp3) is 0.231. The highest BCUT2D eigenvalue weighted by Crippen LogP contribution is 2.28. The highest BCUT2D eigenvalue weighted by Gasteiger charge is 2.16. The van der Waals surface area contributed by atoms with Crippen molar-refractivity contribution in [2.45, 2.75) is 34.1 Å². The molecule has 0 saturated heterocycles. The maximum absolute atomic E-state index is 4.35. The standard InChI is InChI=1S/C14H12N2S.C10H12.C2H6/c1-15-14(10-4-5-10)12-7-11(8-16-9-12)13-3-2-6-17-13;1-8(2)10-7-5-4-6-9(10)3;1-2/h2-4,6-9H,5H2,1H3;4-7H,1H2,2-3H3;1-2H3. The van der Waals surface area contributed by atoms with Crippen LogP contribution in [0.1, 0.15) is 43.9 Å². The Balaban J connectivity index is 0.000000215. The molecule has 3 heteroatoms. The van der Waals surface area contributed by atoms with E-state index in [0.29, 0.717) is 0 Å². The maximum Gasteiger partial charge on any atom is 0.0690 e. The lowest BCUT2D eigenvalue weighted by molar-refractivity contribution is 1.31. The molecule has 0 N–H and O–H groups in total. The third kappa shape index (κ3) is 6.37. The zero-order valence-electron chi connectivity index (χ0n) is 18.1. The summed E-state index contributed by atoms with van der Waals surface area (Å²) in [6.45, 7) is 12.0. The summed E-state index contributed by atoms with van der Waals surface area (Å²) < 4.78 is 0. The largest absolute Gasteiger partial charge is 0.288 e. The van der Waals surface area contributed by atoms with Gasteiger partial charge in [-0.2, -0.15) is 0 Å². The van der Waals surface area contributed by atoms with E-state index in [2.05, 4.69) is 65.3 Å². The van der Waals surface area contributed by atoms with E-state index in [4.69, 9.17) is 0 Å². The fourth-order valence-electron chi connectivity index (χ4n) is 2.90. The van der Waals surface area contributed by atoms with Crippen molar-refractivity contribution in [1.82, 2.24) is 4.98 Å². The first-order valence-electron chi connectivity index (χ1n) is 9.97. The lowest BCUT2D eigenvalue weighted by Gasteiger charge is -2.04. The predicted molar refractivity (Wildman–Crippen MR) is 130 cm³/mol. The van der Waals surface area contributed by atoms with Gasteiger partial charge in [-0.3, -0.25) is 9.98 Å². The van der Waals surface area contributed by atoms with E-state index >= 15 is 0 Å². The average molecular weight is 403 g/mol. The van der Waals surface area contributed by atoms with Crippen LogP contribution in [0.25, 0.3) is 16.0 Å². The highest BCUT2D eigenvalue weighted by atomic mass is 32.1. The van der Waals surface area contributed by atoms with Crippen molar-refractivity contribution < 1.29 is 0 Å². The number of nitrogens with zero attached hydrogens (tertiary/aromatic N) is 2. The molecule has 29 heavy (non-hydrogen) atoms. The van der Waals surface area contributed by atoms with Gasteiger partial charge in [-0.15, -0.1) is 11.3 Å². The van der Waals surface area contributed by atoms with Crippen LogP contribution in [0.5, 0.6) is 0 Å². The van der Waals surface area contributed by atoms with Crippen molar-refractivity contribution in [1.29, 1.82) is 0 Å². The van der Waals surface area contributed by atoms with E-state index in [1.165, 1.54) is 27.1 Å².